The lowest BCUT2D eigenvalue weighted by Crippen LogP contribution is -2.21. The van der Waals surface area contributed by atoms with E-state index in [9.17, 15) is 0 Å². The van der Waals surface area contributed by atoms with E-state index in [2.05, 4.69) is 28.5 Å². The van der Waals surface area contributed by atoms with Crippen molar-refractivity contribution in [1.29, 1.82) is 0 Å². The van der Waals surface area contributed by atoms with Crippen LogP contribution in [0.2, 0.25) is 0 Å². The molecule has 6 nitrogen and oxygen atoms in total. The van der Waals surface area contributed by atoms with E-state index < -0.39 is 0 Å². The molecular formula is C25H37N3O3S. The molecule has 0 aliphatic carbocycles. The van der Waals surface area contributed by atoms with E-state index in [0.29, 0.717) is 31.5 Å². The molecule has 0 saturated heterocycles. The quantitative estimate of drug-likeness (QED) is 0.284. The average molecular weight is 460 g/mol. The van der Waals surface area contributed by atoms with Gasteiger partial charge in [-0.15, -0.1) is 22.0 Å². The van der Waals surface area contributed by atoms with Gasteiger partial charge in [-0.3, -0.25) is 0 Å². The first-order valence-electron chi connectivity index (χ1n) is 11.3. The van der Waals surface area contributed by atoms with Gasteiger partial charge in [-0.25, -0.2) is 0 Å². The molecule has 0 atom stereocenters. The number of para-hydroxylation sites is 1. The van der Waals surface area contributed by atoms with Gasteiger partial charge in [0, 0.05) is 12.4 Å². The van der Waals surface area contributed by atoms with Gasteiger partial charge >= 0.3 is 0 Å². The minimum absolute atomic E-state index is 0.440. The molecule has 176 valence electrons. The molecule has 7 heteroatoms. The molecule has 1 N–H and O–H groups in total. The third-order valence-electron chi connectivity index (χ3n) is 4.83. The fraction of sp³-hybridized carbons (Fsp3) is 0.520. The van der Waals surface area contributed by atoms with Gasteiger partial charge in [-0.1, -0.05) is 36.4 Å². The first-order chi connectivity index (χ1) is 15.7. The molecule has 1 aliphatic heterocycles. The summed E-state index contributed by atoms with van der Waals surface area (Å²) in [5, 5.41) is 11.8. The monoisotopic (exact) mass is 459 g/mol. The second-order valence-corrected chi connectivity index (χ2v) is 8.49. The Balaban J connectivity index is 1.63. The number of nitrogens with one attached hydrogen (secondary N) is 1. The molecule has 0 fully saturated rings. The van der Waals surface area contributed by atoms with Crippen LogP contribution in [0, 0.1) is 6.92 Å². The van der Waals surface area contributed by atoms with Crippen molar-refractivity contribution < 1.29 is 14.2 Å². The molecule has 0 unspecified atom stereocenters. The zero-order valence-electron chi connectivity index (χ0n) is 19.6. The van der Waals surface area contributed by atoms with E-state index in [1.807, 2.05) is 50.4 Å². The molecular weight excluding hydrogens is 422 g/mol. The van der Waals surface area contributed by atoms with Gasteiger partial charge in [0.1, 0.15) is 18.1 Å². The van der Waals surface area contributed by atoms with E-state index in [1.165, 1.54) is 12.8 Å². The third-order valence-corrected chi connectivity index (χ3v) is 5.74. The summed E-state index contributed by atoms with van der Waals surface area (Å²) in [6.45, 7) is 7.61. The van der Waals surface area contributed by atoms with E-state index >= 15 is 0 Å². The zero-order chi connectivity index (χ0) is 22.9. The summed E-state index contributed by atoms with van der Waals surface area (Å²) in [4.78, 5) is 0. The fourth-order valence-electron chi connectivity index (χ4n) is 2.99. The lowest BCUT2D eigenvalue weighted by atomic mass is 10.1. The fourth-order valence-corrected chi connectivity index (χ4v) is 3.65. The van der Waals surface area contributed by atoms with Crippen molar-refractivity contribution in [2.75, 3.05) is 51.5 Å². The molecule has 0 bridgehead atoms. The van der Waals surface area contributed by atoms with Gasteiger partial charge in [0.25, 0.3) is 0 Å². The van der Waals surface area contributed by atoms with Crippen molar-refractivity contribution in [3.63, 3.8) is 0 Å². The van der Waals surface area contributed by atoms with Gasteiger partial charge in [-0.05, 0) is 63.9 Å². The number of nitrogens with zero attached hydrogens (tertiary/aromatic N) is 2. The van der Waals surface area contributed by atoms with Crippen LogP contribution in [0.1, 0.15) is 31.7 Å². The molecule has 1 aliphatic rings. The van der Waals surface area contributed by atoms with Crippen LogP contribution in [0.5, 0.6) is 5.75 Å². The number of hydrogen-bond donors (Lipinski definition) is 1. The highest BCUT2D eigenvalue weighted by Crippen LogP contribution is 2.17. The summed E-state index contributed by atoms with van der Waals surface area (Å²) in [7, 11) is 1.98. The van der Waals surface area contributed by atoms with E-state index in [0.717, 1.165) is 47.9 Å². The Hall–Kier alpha value is -2.09. The maximum Gasteiger partial charge on any atom is 0.219 e. The molecule has 1 aromatic carbocycles. The first kappa shape index (κ1) is 26.2. The van der Waals surface area contributed by atoms with Gasteiger partial charge in [0.05, 0.1) is 19.0 Å². The van der Waals surface area contributed by atoms with Gasteiger partial charge in [-0.2, -0.15) is 0 Å². The smallest absolute Gasteiger partial charge is 0.219 e. The van der Waals surface area contributed by atoms with E-state index in [4.69, 9.17) is 14.2 Å². The van der Waals surface area contributed by atoms with Crippen molar-refractivity contribution in [3.05, 3.63) is 53.6 Å². The van der Waals surface area contributed by atoms with Crippen LogP contribution in [0.15, 0.2) is 58.3 Å². The van der Waals surface area contributed by atoms with Gasteiger partial charge in [0.2, 0.25) is 5.90 Å². The number of unbranched alkanes of at least 4 members (excludes halogenated alkanes) is 2. The van der Waals surface area contributed by atoms with Crippen LogP contribution in [0.3, 0.4) is 0 Å². The molecule has 0 radical (unpaired) electrons. The molecule has 1 aromatic rings. The third kappa shape index (κ3) is 10.5. The topological polar surface area (TPSA) is 64.4 Å². The largest absolute Gasteiger partial charge is 0.492 e. The summed E-state index contributed by atoms with van der Waals surface area (Å²) in [5.74, 6) is 3.16. The number of ether oxygens (including phenoxy) is 3. The number of thioether (sulfide) groups is 1. The molecule has 0 amide bonds. The van der Waals surface area contributed by atoms with E-state index in [1.54, 1.807) is 11.8 Å². The summed E-state index contributed by atoms with van der Waals surface area (Å²) in [6, 6.07) is 8.06. The predicted octanol–water partition coefficient (Wildman–Crippen LogP) is 4.80. The SMILES string of the molecule is C/C=C(\C=C/COCCCCCNC)C1=NN=C(CSCCOc2ccccc2C)OC1. The standard InChI is InChI=1S/C25H37N3O3S/c1-4-22(12-10-16-29-15-9-5-8-14-26-3)23-19-31-25(28-27-23)20-32-18-17-30-24-13-7-6-11-21(24)2/h4,6-7,10-13,26H,5,8-9,14-20H2,1-3H3/b12-10-,22-4+. The second-order valence-electron chi connectivity index (χ2n) is 7.38. The number of aryl methyl sites for hydroxylation is 1. The van der Waals surface area contributed by atoms with Gasteiger partial charge < -0.3 is 19.5 Å². The average Bonchev–Trinajstić information content (AvgIpc) is 2.82. The normalized spacial score (nSPS) is 14.3. The first-order valence-corrected chi connectivity index (χ1v) is 12.5. The molecule has 0 spiro atoms. The minimum Gasteiger partial charge on any atom is -0.492 e. The highest BCUT2D eigenvalue weighted by molar-refractivity contribution is 7.99. The Morgan fingerprint density at radius 2 is 2.06 bits per heavy atom. The number of rotatable bonds is 16. The van der Waals surface area contributed by atoms with Crippen molar-refractivity contribution in [1.82, 2.24) is 5.32 Å². The Kier molecular flexibility index (Phi) is 13.5. The summed E-state index contributed by atoms with van der Waals surface area (Å²) in [5.41, 5.74) is 3.01. The van der Waals surface area contributed by atoms with Gasteiger partial charge in [0.15, 0.2) is 0 Å². The van der Waals surface area contributed by atoms with Crippen LogP contribution in [-0.2, 0) is 9.47 Å². The van der Waals surface area contributed by atoms with Crippen molar-refractivity contribution in [2.24, 2.45) is 10.2 Å². The van der Waals surface area contributed by atoms with Crippen molar-refractivity contribution >= 4 is 23.4 Å². The minimum atomic E-state index is 0.440. The van der Waals surface area contributed by atoms with Crippen molar-refractivity contribution in [2.45, 2.75) is 33.1 Å². The number of hydrogen-bond acceptors (Lipinski definition) is 7. The van der Waals surface area contributed by atoms with E-state index in [-0.39, 0.29) is 0 Å². The lowest BCUT2D eigenvalue weighted by Gasteiger charge is -2.14. The van der Waals surface area contributed by atoms with Crippen molar-refractivity contribution in [3.8, 4) is 5.75 Å². The summed E-state index contributed by atoms with van der Waals surface area (Å²) >= 11 is 1.73. The maximum atomic E-state index is 5.82. The maximum absolute atomic E-state index is 5.82. The zero-order valence-corrected chi connectivity index (χ0v) is 20.5. The molecule has 0 saturated carbocycles. The van der Waals surface area contributed by atoms with Crippen LogP contribution in [0.4, 0.5) is 0 Å². The Morgan fingerprint density at radius 3 is 2.81 bits per heavy atom. The highest BCUT2D eigenvalue weighted by Gasteiger charge is 2.13. The summed E-state index contributed by atoms with van der Waals surface area (Å²) < 4.78 is 17.3. The molecule has 1 heterocycles. The molecule has 32 heavy (non-hydrogen) atoms. The molecule has 0 aromatic heterocycles. The Bertz CT molecular complexity index is 790. The number of allylic oxidation sites excluding steroid dienone is 2. The number of benzene rings is 1. The van der Waals surface area contributed by atoms with Crippen LogP contribution >= 0.6 is 11.8 Å². The predicted molar refractivity (Wildman–Crippen MR) is 136 cm³/mol. The Labute approximate surface area is 197 Å². The second kappa shape index (κ2) is 16.5. The lowest BCUT2D eigenvalue weighted by molar-refractivity contribution is 0.157. The van der Waals surface area contributed by atoms with Crippen LogP contribution < -0.4 is 10.1 Å². The Morgan fingerprint density at radius 1 is 1.19 bits per heavy atom. The highest BCUT2D eigenvalue weighted by atomic mass is 32.2. The summed E-state index contributed by atoms with van der Waals surface area (Å²) in [6.07, 6.45) is 9.56. The van der Waals surface area contributed by atoms with Crippen LogP contribution in [-0.4, -0.2) is 63.1 Å². The van der Waals surface area contributed by atoms with Crippen LogP contribution in [0.25, 0.3) is 0 Å². The molecule has 2 rings (SSSR count).